The van der Waals surface area contributed by atoms with Crippen LogP contribution in [0.3, 0.4) is 0 Å². The van der Waals surface area contributed by atoms with Crippen molar-refractivity contribution in [3.63, 3.8) is 0 Å². The third-order valence-corrected chi connectivity index (χ3v) is 2.79. The van der Waals surface area contributed by atoms with Crippen LogP contribution in [0.25, 0.3) is 0 Å². The molecule has 0 radical (unpaired) electrons. The number of halogens is 1. The second-order valence-electron chi connectivity index (χ2n) is 4.38. The number of carbonyl (C=O) groups excluding carboxylic acids is 1. The van der Waals surface area contributed by atoms with Crippen molar-refractivity contribution in [2.75, 3.05) is 6.61 Å². The average molecular weight is 277 g/mol. The highest BCUT2D eigenvalue weighted by Gasteiger charge is 2.10. The van der Waals surface area contributed by atoms with E-state index in [1.807, 2.05) is 6.92 Å². The Morgan fingerprint density at radius 3 is 3.10 bits per heavy atom. The number of aromatic nitrogens is 2. The molecule has 1 aromatic heterocycles. The molecule has 1 aromatic carbocycles. The lowest BCUT2D eigenvalue weighted by Crippen LogP contribution is -2.27. The summed E-state index contributed by atoms with van der Waals surface area (Å²) in [4.78, 5) is 11.7. The van der Waals surface area contributed by atoms with Gasteiger partial charge in [0.15, 0.2) is 0 Å². The van der Waals surface area contributed by atoms with Crippen LogP contribution in [-0.2, 0) is 4.79 Å². The summed E-state index contributed by atoms with van der Waals surface area (Å²) in [5.74, 6) is -0.0729. The van der Waals surface area contributed by atoms with Crippen LogP contribution in [0.15, 0.2) is 36.7 Å². The number of nitrogens with one attached hydrogen (secondary N) is 2. The number of benzene rings is 1. The highest BCUT2D eigenvalue weighted by atomic mass is 19.1. The van der Waals surface area contributed by atoms with Gasteiger partial charge in [-0.25, -0.2) is 4.39 Å². The van der Waals surface area contributed by atoms with Crippen molar-refractivity contribution >= 4 is 5.91 Å². The van der Waals surface area contributed by atoms with Gasteiger partial charge in [-0.1, -0.05) is 6.07 Å². The predicted molar refractivity (Wildman–Crippen MR) is 71.7 cm³/mol. The molecule has 5 nitrogen and oxygen atoms in total. The Balaban J connectivity index is 1.73. The molecule has 0 bridgehead atoms. The molecule has 2 aromatic rings. The summed E-state index contributed by atoms with van der Waals surface area (Å²) in [5, 5.41) is 9.34. The Bertz CT molecular complexity index is 557. The number of amides is 1. The zero-order chi connectivity index (χ0) is 14.4. The van der Waals surface area contributed by atoms with Crippen molar-refractivity contribution in [3.8, 4) is 5.75 Å². The SMILES string of the molecule is CC(NC(=O)CCOc1cccc(F)c1)c1cn[nH]c1. The van der Waals surface area contributed by atoms with Crippen molar-refractivity contribution in [2.45, 2.75) is 19.4 Å². The number of H-pyrrole nitrogens is 1. The van der Waals surface area contributed by atoms with Gasteiger partial charge >= 0.3 is 0 Å². The topological polar surface area (TPSA) is 67.0 Å². The molecular weight excluding hydrogens is 261 g/mol. The van der Waals surface area contributed by atoms with Crippen molar-refractivity contribution in [2.24, 2.45) is 0 Å². The summed E-state index contributed by atoms with van der Waals surface area (Å²) in [5.41, 5.74) is 0.907. The molecule has 1 atom stereocenters. The van der Waals surface area contributed by atoms with Crippen LogP contribution >= 0.6 is 0 Å². The van der Waals surface area contributed by atoms with Gasteiger partial charge in [-0.05, 0) is 19.1 Å². The minimum Gasteiger partial charge on any atom is -0.493 e. The summed E-state index contributed by atoms with van der Waals surface area (Å²) < 4.78 is 18.2. The molecule has 0 aliphatic heterocycles. The van der Waals surface area contributed by atoms with E-state index in [0.717, 1.165) is 5.56 Å². The third-order valence-electron chi connectivity index (χ3n) is 2.79. The quantitative estimate of drug-likeness (QED) is 0.850. The molecule has 0 saturated heterocycles. The monoisotopic (exact) mass is 277 g/mol. The Morgan fingerprint density at radius 2 is 2.40 bits per heavy atom. The van der Waals surface area contributed by atoms with Gasteiger partial charge in [0.2, 0.25) is 5.91 Å². The number of hydrogen-bond acceptors (Lipinski definition) is 3. The molecular formula is C14H16FN3O2. The Morgan fingerprint density at radius 1 is 1.55 bits per heavy atom. The van der Waals surface area contributed by atoms with E-state index in [1.165, 1.54) is 12.1 Å². The minimum atomic E-state index is -0.361. The van der Waals surface area contributed by atoms with Gasteiger partial charge in [0.1, 0.15) is 11.6 Å². The fraction of sp³-hybridized carbons (Fsp3) is 0.286. The molecule has 0 fully saturated rings. The molecule has 2 rings (SSSR count). The van der Waals surface area contributed by atoms with E-state index in [-0.39, 0.29) is 30.8 Å². The maximum atomic E-state index is 12.9. The fourth-order valence-corrected chi connectivity index (χ4v) is 1.71. The van der Waals surface area contributed by atoms with Gasteiger partial charge in [0.25, 0.3) is 0 Å². The Hall–Kier alpha value is -2.37. The number of rotatable bonds is 6. The van der Waals surface area contributed by atoms with E-state index >= 15 is 0 Å². The van der Waals surface area contributed by atoms with Crippen LogP contribution in [0.4, 0.5) is 4.39 Å². The number of ether oxygens (including phenoxy) is 1. The highest BCUT2D eigenvalue weighted by Crippen LogP contribution is 2.12. The van der Waals surface area contributed by atoms with E-state index in [0.29, 0.717) is 5.75 Å². The summed E-state index contributed by atoms with van der Waals surface area (Å²) in [6.45, 7) is 2.07. The lowest BCUT2D eigenvalue weighted by Gasteiger charge is -2.12. The largest absolute Gasteiger partial charge is 0.493 e. The molecule has 1 amide bonds. The van der Waals surface area contributed by atoms with Crippen molar-refractivity contribution < 1.29 is 13.9 Å². The highest BCUT2D eigenvalue weighted by molar-refractivity contribution is 5.76. The van der Waals surface area contributed by atoms with Gasteiger partial charge in [0.05, 0.1) is 25.3 Å². The van der Waals surface area contributed by atoms with E-state index in [9.17, 15) is 9.18 Å². The first-order valence-electron chi connectivity index (χ1n) is 6.31. The fourth-order valence-electron chi connectivity index (χ4n) is 1.71. The first-order valence-corrected chi connectivity index (χ1v) is 6.31. The lowest BCUT2D eigenvalue weighted by molar-refractivity contribution is -0.122. The van der Waals surface area contributed by atoms with Crippen LogP contribution in [0, 0.1) is 5.82 Å². The third kappa shape index (κ3) is 4.08. The van der Waals surface area contributed by atoms with Gasteiger partial charge in [-0.3, -0.25) is 9.89 Å². The van der Waals surface area contributed by atoms with E-state index in [2.05, 4.69) is 15.5 Å². The predicted octanol–water partition coefficient (Wildman–Crippen LogP) is 2.20. The number of hydrogen-bond donors (Lipinski definition) is 2. The first kappa shape index (κ1) is 14.0. The standard InChI is InChI=1S/C14H16FN3O2/c1-10(11-8-16-17-9-11)18-14(19)5-6-20-13-4-2-3-12(15)7-13/h2-4,7-10H,5-6H2,1H3,(H,16,17)(H,18,19). The van der Waals surface area contributed by atoms with Gasteiger partial charge in [-0.2, -0.15) is 5.10 Å². The van der Waals surface area contributed by atoms with Crippen molar-refractivity contribution in [3.05, 3.63) is 48.0 Å². The molecule has 20 heavy (non-hydrogen) atoms. The summed E-state index contributed by atoms with van der Waals surface area (Å²) in [6, 6.07) is 5.72. The second kappa shape index (κ2) is 6.70. The molecule has 1 unspecified atom stereocenters. The summed E-state index contributed by atoms with van der Waals surface area (Å²) >= 11 is 0. The molecule has 0 aliphatic carbocycles. The minimum absolute atomic E-state index is 0.115. The molecule has 0 saturated carbocycles. The number of nitrogens with zero attached hydrogens (tertiary/aromatic N) is 1. The van der Waals surface area contributed by atoms with Crippen LogP contribution in [0.5, 0.6) is 5.75 Å². The maximum absolute atomic E-state index is 12.9. The van der Waals surface area contributed by atoms with Crippen LogP contribution in [-0.4, -0.2) is 22.7 Å². The van der Waals surface area contributed by atoms with Gasteiger partial charge < -0.3 is 10.1 Å². The van der Waals surface area contributed by atoms with Crippen LogP contribution in [0.1, 0.15) is 24.9 Å². The summed E-state index contributed by atoms with van der Waals surface area (Å²) in [7, 11) is 0. The lowest BCUT2D eigenvalue weighted by atomic mass is 10.2. The first-order chi connectivity index (χ1) is 9.65. The number of aromatic amines is 1. The van der Waals surface area contributed by atoms with Crippen LogP contribution < -0.4 is 10.1 Å². The molecule has 6 heteroatoms. The summed E-state index contributed by atoms with van der Waals surface area (Å²) in [6.07, 6.45) is 3.60. The molecule has 2 N–H and O–H groups in total. The van der Waals surface area contributed by atoms with E-state index in [1.54, 1.807) is 24.5 Å². The normalized spacial score (nSPS) is 11.9. The Labute approximate surface area is 116 Å². The average Bonchev–Trinajstić information content (AvgIpc) is 2.92. The number of carbonyl (C=O) groups is 1. The van der Waals surface area contributed by atoms with Crippen LogP contribution in [0.2, 0.25) is 0 Å². The Kier molecular flexibility index (Phi) is 4.70. The smallest absolute Gasteiger partial charge is 0.223 e. The van der Waals surface area contributed by atoms with E-state index in [4.69, 9.17) is 4.74 Å². The zero-order valence-electron chi connectivity index (χ0n) is 11.1. The molecule has 0 spiro atoms. The van der Waals surface area contributed by atoms with Gasteiger partial charge in [-0.15, -0.1) is 0 Å². The van der Waals surface area contributed by atoms with Gasteiger partial charge in [0, 0.05) is 17.8 Å². The van der Waals surface area contributed by atoms with Crippen molar-refractivity contribution in [1.29, 1.82) is 0 Å². The zero-order valence-corrected chi connectivity index (χ0v) is 11.1. The van der Waals surface area contributed by atoms with E-state index < -0.39 is 0 Å². The molecule has 0 aliphatic rings. The molecule has 106 valence electrons. The maximum Gasteiger partial charge on any atom is 0.223 e. The second-order valence-corrected chi connectivity index (χ2v) is 4.38. The molecule has 1 heterocycles. The van der Waals surface area contributed by atoms with Crippen molar-refractivity contribution in [1.82, 2.24) is 15.5 Å².